The monoisotopic (exact) mass is 291 g/mol. The highest BCUT2D eigenvalue weighted by atomic mass is 16.5. The number of likely N-dealkylation sites (N-methyl/N-ethyl adjacent to an activating group) is 1. The molecule has 1 atom stereocenters. The van der Waals surface area contributed by atoms with Crippen LogP contribution in [0, 0.1) is 0 Å². The third-order valence-electron chi connectivity index (χ3n) is 4.04. The Kier molecular flexibility index (Phi) is 5.20. The Morgan fingerprint density at radius 2 is 2.24 bits per heavy atom. The first-order valence-corrected chi connectivity index (χ1v) is 7.38. The highest BCUT2D eigenvalue weighted by molar-refractivity contribution is 5.81. The van der Waals surface area contributed by atoms with Gasteiger partial charge < -0.3 is 15.4 Å². The van der Waals surface area contributed by atoms with Crippen molar-refractivity contribution in [1.29, 1.82) is 0 Å². The molecule has 0 saturated carbocycles. The van der Waals surface area contributed by atoms with Crippen LogP contribution in [0.5, 0.6) is 5.75 Å². The fraction of sp³-hybridized carbons (Fsp3) is 0.562. The number of ether oxygens (including phenoxy) is 1. The SMILES string of the molecule is COc1ccc(CN)cc1CN1CCCC1C(=O)N(C)C. The molecule has 0 bridgehead atoms. The number of benzene rings is 1. The minimum Gasteiger partial charge on any atom is -0.496 e. The van der Waals surface area contributed by atoms with Crippen LogP contribution >= 0.6 is 0 Å². The molecule has 1 aromatic carbocycles. The molecule has 1 heterocycles. The number of nitrogens with two attached hydrogens (primary N) is 1. The van der Waals surface area contributed by atoms with Gasteiger partial charge in [-0.3, -0.25) is 9.69 Å². The van der Waals surface area contributed by atoms with Gasteiger partial charge in [0.15, 0.2) is 0 Å². The summed E-state index contributed by atoms with van der Waals surface area (Å²) in [7, 11) is 5.30. The van der Waals surface area contributed by atoms with E-state index in [0.29, 0.717) is 6.54 Å². The van der Waals surface area contributed by atoms with Crippen molar-refractivity contribution in [1.82, 2.24) is 9.80 Å². The van der Waals surface area contributed by atoms with Gasteiger partial charge in [-0.25, -0.2) is 0 Å². The van der Waals surface area contributed by atoms with E-state index in [4.69, 9.17) is 10.5 Å². The second-order valence-corrected chi connectivity index (χ2v) is 5.71. The van der Waals surface area contributed by atoms with Gasteiger partial charge in [-0.05, 0) is 37.1 Å². The van der Waals surface area contributed by atoms with Gasteiger partial charge >= 0.3 is 0 Å². The Labute approximate surface area is 126 Å². The summed E-state index contributed by atoms with van der Waals surface area (Å²) < 4.78 is 5.44. The predicted octanol–water partition coefficient (Wildman–Crippen LogP) is 1.21. The van der Waals surface area contributed by atoms with E-state index in [1.165, 1.54) is 0 Å². The summed E-state index contributed by atoms with van der Waals surface area (Å²) in [6.07, 6.45) is 1.99. The zero-order valence-electron chi connectivity index (χ0n) is 13.1. The fourth-order valence-electron chi connectivity index (χ4n) is 2.89. The summed E-state index contributed by atoms with van der Waals surface area (Å²) in [4.78, 5) is 16.2. The van der Waals surface area contributed by atoms with E-state index in [9.17, 15) is 4.79 Å². The van der Waals surface area contributed by atoms with Crippen molar-refractivity contribution in [3.63, 3.8) is 0 Å². The van der Waals surface area contributed by atoms with E-state index < -0.39 is 0 Å². The molecular formula is C16H25N3O2. The maximum absolute atomic E-state index is 12.3. The third-order valence-corrected chi connectivity index (χ3v) is 4.04. The number of nitrogens with zero attached hydrogens (tertiary/aromatic N) is 2. The summed E-state index contributed by atoms with van der Waals surface area (Å²) in [6, 6.07) is 5.99. The molecule has 2 N–H and O–H groups in total. The number of carbonyl (C=O) groups excluding carboxylic acids is 1. The Morgan fingerprint density at radius 1 is 1.48 bits per heavy atom. The fourth-order valence-corrected chi connectivity index (χ4v) is 2.89. The normalized spacial score (nSPS) is 18.8. The lowest BCUT2D eigenvalue weighted by molar-refractivity contribution is -0.133. The van der Waals surface area contributed by atoms with Crippen LogP contribution in [0.25, 0.3) is 0 Å². The van der Waals surface area contributed by atoms with Crippen molar-refractivity contribution in [3.8, 4) is 5.75 Å². The maximum Gasteiger partial charge on any atom is 0.239 e. The lowest BCUT2D eigenvalue weighted by atomic mass is 10.1. The molecule has 116 valence electrons. The van der Waals surface area contributed by atoms with Crippen molar-refractivity contribution < 1.29 is 9.53 Å². The van der Waals surface area contributed by atoms with Crippen LogP contribution in [-0.4, -0.2) is 49.5 Å². The van der Waals surface area contributed by atoms with Crippen LogP contribution < -0.4 is 10.5 Å². The average Bonchev–Trinajstić information content (AvgIpc) is 2.94. The van der Waals surface area contributed by atoms with E-state index in [1.807, 2.05) is 26.2 Å². The molecule has 1 aliphatic heterocycles. The van der Waals surface area contributed by atoms with Gasteiger partial charge in [-0.15, -0.1) is 0 Å². The van der Waals surface area contributed by atoms with Crippen molar-refractivity contribution in [2.24, 2.45) is 5.73 Å². The molecule has 21 heavy (non-hydrogen) atoms. The second-order valence-electron chi connectivity index (χ2n) is 5.71. The number of hydrogen-bond donors (Lipinski definition) is 1. The van der Waals surface area contributed by atoms with Gasteiger partial charge in [0, 0.05) is 32.7 Å². The lowest BCUT2D eigenvalue weighted by Crippen LogP contribution is -2.42. The molecular weight excluding hydrogens is 266 g/mol. The number of methoxy groups -OCH3 is 1. The van der Waals surface area contributed by atoms with E-state index >= 15 is 0 Å². The van der Waals surface area contributed by atoms with Crippen LogP contribution in [-0.2, 0) is 17.9 Å². The summed E-state index contributed by atoms with van der Waals surface area (Å²) in [6.45, 7) is 2.18. The van der Waals surface area contributed by atoms with Gasteiger partial charge in [0.05, 0.1) is 13.2 Å². The molecule has 1 amide bonds. The molecule has 0 spiro atoms. The molecule has 1 aromatic rings. The number of hydrogen-bond acceptors (Lipinski definition) is 4. The van der Waals surface area contributed by atoms with E-state index in [2.05, 4.69) is 11.0 Å². The highest BCUT2D eigenvalue weighted by Gasteiger charge is 2.32. The van der Waals surface area contributed by atoms with Gasteiger partial charge in [0.1, 0.15) is 5.75 Å². The molecule has 0 aliphatic carbocycles. The molecule has 2 rings (SSSR count). The summed E-state index contributed by atoms with van der Waals surface area (Å²) in [5.74, 6) is 1.04. The van der Waals surface area contributed by atoms with E-state index in [0.717, 1.165) is 42.8 Å². The molecule has 0 aromatic heterocycles. The number of carbonyl (C=O) groups is 1. The molecule has 5 heteroatoms. The minimum absolute atomic E-state index is 0.0220. The quantitative estimate of drug-likeness (QED) is 0.886. The van der Waals surface area contributed by atoms with Gasteiger partial charge in [0.25, 0.3) is 0 Å². The zero-order valence-corrected chi connectivity index (χ0v) is 13.1. The van der Waals surface area contributed by atoms with Crippen LogP contribution in [0.2, 0.25) is 0 Å². The Hall–Kier alpha value is -1.59. The molecule has 1 unspecified atom stereocenters. The average molecular weight is 291 g/mol. The van der Waals surface area contributed by atoms with Crippen molar-refractivity contribution >= 4 is 5.91 Å². The van der Waals surface area contributed by atoms with Crippen LogP contribution in [0.15, 0.2) is 18.2 Å². The molecule has 5 nitrogen and oxygen atoms in total. The van der Waals surface area contributed by atoms with Crippen LogP contribution in [0.1, 0.15) is 24.0 Å². The van der Waals surface area contributed by atoms with Crippen LogP contribution in [0.4, 0.5) is 0 Å². The number of likely N-dealkylation sites (tertiary alicyclic amines) is 1. The Morgan fingerprint density at radius 3 is 2.86 bits per heavy atom. The Balaban J connectivity index is 2.18. The highest BCUT2D eigenvalue weighted by Crippen LogP contribution is 2.26. The van der Waals surface area contributed by atoms with Gasteiger partial charge in [-0.1, -0.05) is 6.07 Å². The molecule has 1 fully saturated rings. The zero-order chi connectivity index (χ0) is 15.4. The first-order chi connectivity index (χ1) is 10.1. The van der Waals surface area contributed by atoms with Gasteiger partial charge in [0.2, 0.25) is 5.91 Å². The van der Waals surface area contributed by atoms with Crippen LogP contribution in [0.3, 0.4) is 0 Å². The van der Waals surface area contributed by atoms with E-state index in [1.54, 1.807) is 12.0 Å². The molecule has 1 aliphatic rings. The second kappa shape index (κ2) is 6.91. The lowest BCUT2D eigenvalue weighted by Gasteiger charge is -2.26. The largest absolute Gasteiger partial charge is 0.496 e. The third kappa shape index (κ3) is 3.54. The smallest absolute Gasteiger partial charge is 0.239 e. The number of amides is 1. The summed E-state index contributed by atoms with van der Waals surface area (Å²) in [5, 5.41) is 0. The van der Waals surface area contributed by atoms with Crippen molar-refractivity contribution in [2.45, 2.75) is 32.0 Å². The van der Waals surface area contributed by atoms with Gasteiger partial charge in [-0.2, -0.15) is 0 Å². The molecule has 1 saturated heterocycles. The standard InChI is InChI=1S/C16H25N3O2/c1-18(2)16(20)14-5-4-8-19(14)11-13-9-12(10-17)6-7-15(13)21-3/h6-7,9,14H,4-5,8,10-11,17H2,1-3H3. The van der Waals surface area contributed by atoms with E-state index in [-0.39, 0.29) is 11.9 Å². The number of rotatable bonds is 5. The summed E-state index contributed by atoms with van der Waals surface area (Å²) >= 11 is 0. The predicted molar refractivity (Wildman–Crippen MR) is 83.0 cm³/mol. The summed E-state index contributed by atoms with van der Waals surface area (Å²) in [5.41, 5.74) is 7.90. The first-order valence-electron chi connectivity index (χ1n) is 7.38. The maximum atomic E-state index is 12.3. The topological polar surface area (TPSA) is 58.8 Å². The Bertz CT molecular complexity index is 502. The minimum atomic E-state index is -0.0220. The molecule has 0 radical (unpaired) electrons. The van der Waals surface area contributed by atoms with Crippen molar-refractivity contribution in [3.05, 3.63) is 29.3 Å². The first kappa shape index (κ1) is 15.8. The van der Waals surface area contributed by atoms with Crippen molar-refractivity contribution in [2.75, 3.05) is 27.7 Å².